The van der Waals surface area contributed by atoms with Crippen LogP contribution in [0.4, 0.5) is 0 Å². The highest BCUT2D eigenvalue weighted by Gasteiger charge is 2.62. The molecule has 0 radical (unpaired) electrons. The van der Waals surface area contributed by atoms with Gasteiger partial charge in [0.2, 0.25) is 10.0 Å². The average Bonchev–Trinajstić information content (AvgIpc) is 2.28. The quantitative estimate of drug-likeness (QED) is 0.781. The standard InChI is InChI=1S/C13H26N2O3S/c1-10-11(13(6-5-7-13)12(10)18-4)14-8-9-19(16,17)15(2)3/h10-12,14H,5-9H2,1-4H3. The van der Waals surface area contributed by atoms with E-state index in [4.69, 9.17) is 4.74 Å². The van der Waals surface area contributed by atoms with Crippen molar-refractivity contribution in [2.45, 2.75) is 38.3 Å². The molecular formula is C13H26N2O3S. The average molecular weight is 290 g/mol. The maximum Gasteiger partial charge on any atom is 0.214 e. The van der Waals surface area contributed by atoms with E-state index in [-0.39, 0.29) is 11.2 Å². The van der Waals surface area contributed by atoms with Crippen molar-refractivity contribution in [3.05, 3.63) is 0 Å². The normalized spacial score (nSPS) is 33.2. The molecule has 3 atom stereocenters. The minimum atomic E-state index is -3.10. The molecule has 0 aliphatic heterocycles. The summed E-state index contributed by atoms with van der Waals surface area (Å²) in [5.74, 6) is 0.629. The maximum atomic E-state index is 11.7. The van der Waals surface area contributed by atoms with Crippen LogP contribution in [-0.2, 0) is 14.8 Å². The van der Waals surface area contributed by atoms with Gasteiger partial charge in [-0.05, 0) is 18.8 Å². The summed E-state index contributed by atoms with van der Waals surface area (Å²) >= 11 is 0. The lowest BCUT2D eigenvalue weighted by atomic mass is 9.46. The largest absolute Gasteiger partial charge is 0.380 e. The van der Waals surface area contributed by atoms with Crippen LogP contribution in [0.3, 0.4) is 0 Å². The first-order valence-corrected chi connectivity index (χ1v) is 8.62. The van der Waals surface area contributed by atoms with E-state index < -0.39 is 10.0 Å². The van der Waals surface area contributed by atoms with Gasteiger partial charge < -0.3 is 10.1 Å². The number of hydrogen-bond donors (Lipinski definition) is 1. The van der Waals surface area contributed by atoms with E-state index in [1.807, 2.05) is 0 Å². The van der Waals surface area contributed by atoms with Crippen LogP contribution >= 0.6 is 0 Å². The Morgan fingerprint density at radius 1 is 1.37 bits per heavy atom. The third-order valence-corrected chi connectivity index (χ3v) is 6.84. The summed E-state index contributed by atoms with van der Waals surface area (Å²) < 4.78 is 30.3. The highest BCUT2D eigenvalue weighted by molar-refractivity contribution is 7.89. The van der Waals surface area contributed by atoms with Gasteiger partial charge in [0.05, 0.1) is 11.9 Å². The smallest absolute Gasteiger partial charge is 0.214 e. The summed E-state index contributed by atoms with van der Waals surface area (Å²) in [6.45, 7) is 2.71. The van der Waals surface area contributed by atoms with Gasteiger partial charge in [-0.15, -0.1) is 0 Å². The molecule has 2 rings (SSSR count). The minimum Gasteiger partial charge on any atom is -0.380 e. The van der Waals surface area contributed by atoms with Gasteiger partial charge in [0.25, 0.3) is 0 Å². The van der Waals surface area contributed by atoms with Crippen LogP contribution in [0.25, 0.3) is 0 Å². The fourth-order valence-corrected chi connectivity index (χ4v) is 4.57. The molecule has 6 heteroatoms. The number of methoxy groups -OCH3 is 1. The van der Waals surface area contributed by atoms with Crippen molar-refractivity contribution < 1.29 is 13.2 Å². The Hall–Kier alpha value is -0.170. The van der Waals surface area contributed by atoms with Crippen molar-refractivity contribution in [3.63, 3.8) is 0 Å². The minimum absolute atomic E-state index is 0.164. The van der Waals surface area contributed by atoms with Crippen LogP contribution in [0, 0.1) is 11.3 Å². The van der Waals surface area contributed by atoms with E-state index >= 15 is 0 Å². The van der Waals surface area contributed by atoms with Gasteiger partial charge in [-0.3, -0.25) is 0 Å². The first-order chi connectivity index (χ1) is 8.85. The molecule has 0 bridgehead atoms. The Morgan fingerprint density at radius 2 is 2.00 bits per heavy atom. The predicted octanol–water partition coefficient (Wildman–Crippen LogP) is 0.671. The van der Waals surface area contributed by atoms with Crippen LogP contribution in [0.2, 0.25) is 0 Å². The number of nitrogens with one attached hydrogen (secondary N) is 1. The molecule has 19 heavy (non-hydrogen) atoms. The zero-order chi connectivity index (χ0) is 14.3. The summed E-state index contributed by atoms with van der Waals surface area (Å²) in [5.41, 5.74) is 0.274. The molecule has 0 aromatic heterocycles. The Labute approximate surface area is 116 Å². The second-order valence-corrected chi connectivity index (χ2v) is 8.43. The molecule has 0 saturated heterocycles. The fourth-order valence-electron chi connectivity index (χ4n) is 3.83. The Bertz CT molecular complexity index is 418. The van der Waals surface area contributed by atoms with E-state index in [2.05, 4.69) is 12.2 Å². The lowest BCUT2D eigenvalue weighted by Gasteiger charge is -2.65. The van der Waals surface area contributed by atoms with Gasteiger partial charge in [-0.25, -0.2) is 12.7 Å². The van der Waals surface area contributed by atoms with Crippen LogP contribution in [-0.4, -0.2) is 58.4 Å². The Balaban J connectivity index is 1.87. The molecule has 1 spiro atoms. The number of hydrogen-bond acceptors (Lipinski definition) is 4. The number of ether oxygens (including phenoxy) is 1. The third kappa shape index (κ3) is 2.44. The van der Waals surface area contributed by atoms with Gasteiger partial charge in [0.1, 0.15) is 0 Å². The molecule has 2 saturated carbocycles. The lowest BCUT2D eigenvalue weighted by molar-refractivity contribution is -0.201. The second kappa shape index (κ2) is 5.31. The van der Waals surface area contributed by atoms with Crippen LogP contribution in [0.5, 0.6) is 0 Å². The van der Waals surface area contributed by atoms with E-state index in [0.717, 1.165) is 0 Å². The maximum absolute atomic E-state index is 11.7. The highest BCUT2D eigenvalue weighted by atomic mass is 32.2. The summed E-state index contributed by atoms with van der Waals surface area (Å²) in [6.07, 6.45) is 4.01. The first kappa shape index (κ1) is 15.2. The highest BCUT2D eigenvalue weighted by Crippen LogP contribution is 2.59. The number of nitrogens with zero attached hydrogens (tertiary/aromatic N) is 1. The summed E-state index contributed by atoms with van der Waals surface area (Å²) in [7, 11) is 1.84. The number of rotatable bonds is 6. The van der Waals surface area contributed by atoms with Crippen molar-refractivity contribution in [3.8, 4) is 0 Å². The zero-order valence-corrected chi connectivity index (χ0v) is 13.2. The SMILES string of the molecule is COC1C(C)C(NCCS(=O)(=O)N(C)C)C12CCC2. The van der Waals surface area contributed by atoms with Crippen molar-refractivity contribution in [1.29, 1.82) is 0 Å². The summed E-state index contributed by atoms with van der Waals surface area (Å²) in [4.78, 5) is 0. The fraction of sp³-hybridized carbons (Fsp3) is 1.00. The molecule has 2 aliphatic carbocycles. The number of sulfonamides is 1. The molecule has 0 aromatic carbocycles. The van der Waals surface area contributed by atoms with Gasteiger partial charge >= 0.3 is 0 Å². The zero-order valence-electron chi connectivity index (χ0n) is 12.3. The van der Waals surface area contributed by atoms with Crippen LogP contribution < -0.4 is 5.32 Å². The summed E-state index contributed by atoms with van der Waals surface area (Å²) in [5, 5.41) is 3.45. The van der Waals surface area contributed by atoms with E-state index in [9.17, 15) is 8.42 Å². The molecule has 0 heterocycles. The Kier molecular flexibility index (Phi) is 4.26. The summed E-state index contributed by atoms with van der Waals surface area (Å²) in [6, 6.07) is 0.406. The topological polar surface area (TPSA) is 58.6 Å². The van der Waals surface area contributed by atoms with Gasteiger partial charge in [0, 0.05) is 39.2 Å². The molecule has 0 aromatic rings. The van der Waals surface area contributed by atoms with Crippen LogP contribution in [0.1, 0.15) is 26.2 Å². The van der Waals surface area contributed by atoms with Crippen molar-refractivity contribution in [2.24, 2.45) is 11.3 Å². The van der Waals surface area contributed by atoms with Gasteiger partial charge in [-0.1, -0.05) is 13.3 Å². The predicted molar refractivity (Wildman–Crippen MR) is 75.5 cm³/mol. The molecule has 3 unspecified atom stereocenters. The molecule has 1 N–H and O–H groups in total. The van der Waals surface area contributed by atoms with Crippen molar-refractivity contribution in [2.75, 3.05) is 33.5 Å². The Morgan fingerprint density at radius 3 is 2.42 bits per heavy atom. The van der Waals surface area contributed by atoms with Crippen molar-refractivity contribution in [1.82, 2.24) is 9.62 Å². The van der Waals surface area contributed by atoms with E-state index in [1.54, 1.807) is 21.2 Å². The third-order valence-electron chi connectivity index (χ3n) is 5.01. The molecule has 5 nitrogen and oxygen atoms in total. The second-order valence-electron chi connectivity index (χ2n) is 6.13. The van der Waals surface area contributed by atoms with E-state index in [1.165, 1.54) is 23.6 Å². The molecular weight excluding hydrogens is 264 g/mol. The van der Waals surface area contributed by atoms with Gasteiger partial charge in [0.15, 0.2) is 0 Å². The molecule has 112 valence electrons. The van der Waals surface area contributed by atoms with E-state index in [0.29, 0.717) is 24.6 Å². The van der Waals surface area contributed by atoms with Gasteiger partial charge in [-0.2, -0.15) is 0 Å². The lowest BCUT2D eigenvalue weighted by Crippen LogP contribution is -2.72. The first-order valence-electron chi connectivity index (χ1n) is 7.01. The molecule has 2 aliphatic rings. The van der Waals surface area contributed by atoms with Crippen LogP contribution in [0.15, 0.2) is 0 Å². The molecule has 0 amide bonds. The molecule has 2 fully saturated rings. The van der Waals surface area contributed by atoms with Crippen molar-refractivity contribution >= 4 is 10.0 Å². The monoisotopic (exact) mass is 290 g/mol.